The van der Waals surface area contributed by atoms with Crippen molar-refractivity contribution in [1.82, 2.24) is 9.97 Å². The third kappa shape index (κ3) is 3.00. The zero-order chi connectivity index (χ0) is 14.0. The molecule has 0 spiro atoms. The lowest BCUT2D eigenvalue weighted by Gasteiger charge is -2.13. The number of nitrogens with zero attached hydrogens (tertiary/aromatic N) is 2. The van der Waals surface area contributed by atoms with Crippen molar-refractivity contribution in [3.05, 3.63) is 33.9 Å². The Morgan fingerprint density at radius 2 is 2.32 bits per heavy atom. The van der Waals surface area contributed by atoms with E-state index in [1.54, 1.807) is 11.3 Å². The van der Waals surface area contributed by atoms with Crippen molar-refractivity contribution in [2.24, 2.45) is 0 Å². The van der Waals surface area contributed by atoms with Gasteiger partial charge < -0.3 is 16.2 Å². The van der Waals surface area contributed by atoms with Crippen LogP contribution >= 0.6 is 11.3 Å². The molecule has 100 valence electrons. The van der Waals surface area contributed by atoms with Crippen molar-refractivity contribution in [3.8, 4) is 0 Å². The van der Waals surface area contributed by atoms with Crippen LogP contribution in [0.4, 0.5) is 11.5 Å². The van der Waals surface area contributed by atoms with Gasteiger partial charge in [0.15, 0.2) is 0 Å². The normalized spacial score (nSPS) is 12.1. The van der Waals surface area contributed by atoms with Crippen LogP contribution in [0.3, 0.4) is 0 Å². The van der Waals surface area contributed by atoms with E-state index >= 15 is 0 Å². The van der Waals surface area contributed by atoms with Crippen LogP contribution in [0.2, 0.25) is 0 Å². The summed E-state index contributed by atoms with van der Waals surface area (Å²) in [7, 11) is 0. The highest BCUT2D eigenvalue weighted by molar-refractivity contribution is 7.09. The van der Waals surface area contributed by atoms with Gasteiger partial charge in [-0.25, -0.2) is 14.8 Å². The van der Waals surface area contributed by atoms with E-state index in [-0.39, 0.29) is 11.6 Å². The number of thiazole rings is 1. The molecule has 6 nitrogen and oxygen atoms in total. The van der Waals surface area contributed by atoms with Crippen LogP contribution < -0.4 is 11.1 Å². The van der Waals surface area contributed by atoms with E-state index in [0.717, 1.165) is 10.7 Å². The van der Waals surface area contributed by atoms with Crippen molar-refractivity contribution in [2.75, 3.05) is 11.1 Å². The van der Waals surface area contributed by atoms with Gasteiger partial charge in [0, 0.05) is 17.3 Å². The largest absolute Gasteiger partial charge is 0.478 e. The molecule has 2 aromatic rings. The van der Waals surface area contributed by atoms with Gasteiger partial charge in [-0.2, -0.15) is 0 Å². The van der Waals surface area contributed by atoms with E-state index in [1.807, 2.05) is 19.2 Å². The maximum absolute atomic E-state index is 10.8. The summed E-state index contributed by atoms with van der Waals surface area (Å²) in [6, 6.07) is 1.35. The Balaban J connectivity index is 2.17. The number of hydrogen-bond donors (Lipinski definition) is 3. The van der Waals surface area contributed by atoms with Gasteiger partial charge in [0.1, 0.15) is 10.8 Å². The molecule has 0 aliphatic carbocycles. The number of aromatic nitrogens is 2. The first-order chi connectivity index (χ1) is 8.97. The average molecular weight is 278 g/mol. The van der Waals surface area contributed by atoms with E-state index in [0.29, 0.717) is 11.5 Å². The molecule has 0 bridgehead atoms. The summed E-state index contributed by atoms with van der Waals surface area (Å²) >= 11 is 1.55. The van der Waals surface area contributed by atoms with Gasteiger partial charge in [0.25, 0.3) is 0 Å². The molecule has 0 aliphatic heterocycles. The molecule has 0 fully saturated rings. The average Bonchev–Trinajstić information content (AvgIpc) is 2.78. The third-order valence-electron chi connectivity index (χ3n) is 2.52. The lowest BCUT2D eigenvalue weighted by Crippen LogP contribution is -2.11. The quantitative estimate of drug-likeness (QED) is 0.793. The molecular weight excluding hydrogens is 264 g/mol. The fraction of sp³-hybridized carbons (Fsp3) is 0.250. The molecule has 19 heavy (non-hydrogen) atoms. The van der Waals surface area contributed by atoms with Crippen molar-refractivity contribution >= 4 is 28.8 Å². The van der Waals surface area contributed by atoms with Crippen LogP contribution in [-0.2, 0) is 0 Å². The molecule has 4 N–H and O–H groups in total. The summed E-state index contributed by atoms with van der Waals surface area (Å²) in [6.45, 7) is 3.88. The highest BCUT2D eigenvalue weighted by Crippen LogP contribution is 2.24. The summed E-state index contributed by atoms with van der Waals surface area (Å²) in [4.78, 5) is 19.2. The first-order valence-corrected chi connectivity index (χ1v) is 6.52. The smallest absolute Gasteiger partial charge is 0.337 e. The number of anilines is 2. The first kappa shape index (κ1) is 13.3. The van der Waals surface area contributed by atoms with Crippen LogP contribution in [0, 0.1) is 6.92 Å². The van der Waals surface area contributed by atoms with Crippen LogP contribution in [0.25, 0.3) is 0 Å². The van der Waals surface area contributed by atoms with Gasteiger partial charge in [0.05, 0.1) is 17.3 Å². The minimum atomic E-state index is -1.05. The molecule has 0 aliphatic rings. The Labute approximate surface area is 114 Å². The molecule has 2 aromatic heterocycles. The van der Waals surface area contributed by atoms with E-state index in [9.17, 15) is 4.79 Å². The summed E-state index contributed by atoms with van der Waals surface area (Å²) in [6.07, 6.45) is 1.28. The Morgan fingerprint density at radius 3 is 2.84 bits per heavy atom. The number of carboxylic acid groups (broad SMARTS) is 1. The number of nitrogens with two attached hydrogens (primary N) is 1. The number of aryl methyl sites for hydroxylation is 1. The van der Waals surface area contributed by atoms with Crippen molar-refractivity contribution in [3.63, 3.8) is 0 Å². The summed E-state index contributed by atoms with van der Waals surface area (Å²) in [5.74, 6) is -0.584. The van der Waals surface area contributed by atoms with Crippen LogP contribution in [0.15, 0.2) is 17.6 Å². The molecule has 2 heterocycles. The van der Waals surface area contributed by atoms with Crippen molar-refractivity contribution in [1.29, 1.82) is 0 Å². The van der Waals surface area contributed by atoms with E-state index in [1.165, 1.54) is 12.3 Å². The predicted octanol–water partition coefficient (Wildman–Crippen LogP) is 2.30. The predicted molar refractivity (Wildman–Crippen MR) is 74.5 cm³/mol. The first-order valence-electron chi connectivity index (χ1n) is 5.64. The summed E-state index contributed by atoms with van der Waals surface area (Å²) in [5.41, 5.74) is 7.13. The number of carboxylic acids is 1. The van der Waals surface area contributed by atoms with Gasteiger partial charge in [-0.3, -0.25) is 0 Å². The standard InChI is InChI=1S/C12H14N4O2S/c1-6-5-19-11(15-6)7(2)16-10-9(13)3-8(4-14-10)12(17)18/h3-5,7H,13H2,1-2H3,(H,14,16)(H,17,18). The maximum Gasteiger partial charge on any atom is 0.337 e. The lowest BCUT2D eigenvalue weighted by atomic mass is 10.2. The monoisotopic (exact) mass is 278 g/mol. The number of nitrogens with one attached hydrogen (secondary N) is 1. The minimum Gasteiger partial charge on any atom is -0.478 e. The highest BCUT2D eigenvalue weighted by atomic mass is 32.1. The van der Waals surface area contributed by atoms with Gasteiger partial charge >= 0.3 is 5.97 Å². The van der Waals surface area contributed by atoms with E-state index in [4.69, 9.17) is 10.8 Å². The topological polar surface area (TPSA) is 101 Å². The number of rotatable bonds is 4. The van der Waals surface area contributed by atoms with Gasteiger partial charge in [0.2, 0.25) is 0 Å². The fourth-order valence-electron chi connectivity index (χ4n) is 1.56. The molecule has 7 heteroatoms. The molecule has 2 rings (SSSR count). The Morgan fingerprint density at radius 1 is 1.58 bits per heavy atom. The fourth-order valence-corrected chi connectivity index (χ4v) is 2.36. The molecule has 0 saturated heterocycles. The second-order valence-corrected chi connectivity index (χ2v) is 5.05. The SMILES string of the molecule is Cc1csc(C(C)Nc2ncc(C(=O)O)cc2N)n1. The zero-order valence-electron chi connectivity index (χ0n) is 10.5. The third-order valence-corrected chi connectivity index (χ3v) is 3.67. The zero-order valence-corrected chi connectivity index (χ0v) is 11.4. The summed E-state index contributed by atoms with van der Waals surface area (Å²) in [5, 5.41) is 14.9. The van der Waals surface area contributed by atoms with E-state index < -0.39 is 5.97 Å². The van der Waals surface area contributed by atoms with Crippen LogP contribution in [0.1, 0.15) is 34.0 Å². The number of hydrogen-bond acceptors (Lipinski definition) is 6. The molecule has 0 aromatic carbocycles. The highest BCUT2D eigenvalue weighted by Gasteiger charge is 2.13. The summed E-state index contributed by atoms with van der Waals surface area (Å²) < 4.78 is 0. The number of pyridine rings is 1. The van der Waals surface area contributed by atoms with Gasteiger partial charge in [-0.05, 0) is 19.9 Å². The molecule has 0 amide bonds. The number of nitrogen functional groups attached to an aromatic ring is 1. The molecule has 0 radical (unpaired) electrons. The maximum atomic E-state index is 10.8. The molecule has 1 atom stereocenters. The molecular formula is C12H14N4O2S. The van der Waals surface area contributed by atoms with Crippen LogP contribution in [0.5, 0.6) is 0 Å². The van der Waals surface area contributed by atoms with Crippen molar-refractivity contribution in [2.45, 2.75) is 19.9 Å². The second-order valence-electron chi connectivity index (χ2n) is 4.16. The molecule has 0 saturated carbocycles. The Hall–Kier alpha value is -2.15. The van der Waals surface area contributed by atoms with Gasteiger partial charge in [-0.1, -0.05) is 0 Å². The lowest BCUT2D eigenvalue weighted by molar-refractivity contribution is 0.0696. The number of carbonyl (C=O) groups is 1. The van der Waals surface area contributed by atoms with Gasteiger partial charge in [-0.15, -0.1) is 11.3 Å². The number of aromatic carboxylic acids is 1. The van der Waals surface area contributed by atoms with E-state index in [2.05, 4.69) is 15.3 Å². The molecule has 1 unspecified atom stereocenters. The van der Waals surface area contributed by atoms with Crippen LogP contribution in [-0.4, -0.2) is 21.0 Å². The minimum absolute atomic E-state index is 0.0378. The van der Waals surface area contributed by atoms with Crippen molar-refractivity contribution < 1.29 is 9.90 Å². The Bertz CT molecular complexity index is 612. The second kappa shape index (κ2) is 5.23. The Kier molecular flexibility index (Phi) is 3.66.